The van der Waals surface area contributed by atoms with Crippen LogP contribution in [-0.2, 0) is 89.6 Å². The molecule has 0 saturated carbocycles. The lowest BCUT2D eigenvalue weighted by Crippen LogP contribution is -2.62. The number of hydrogen-bond acceptors (Lipinski definition) is 30. The number of aromatic nitrogens is 10. The van der Waals surface area contributed by atoms with E-state index in [1.165, 1.54) is 44.1 Å². The second-order valence-corrected chi connectivity index (χ2v) is 37.4. The van der Waals surface area contributed by atoms with Crippen molar-refractivity contribution < 1.29 is 107 Å². The summed E-state index contributed by atoms with van der Waals surface area (Å²) in [6, 6.07) is -18.0. The molecule has 14 atom stereocenters. The van der Waals surface area contributed by atoms with Gasteiger partial charge in [-0.1, -0.05) is 70.9 Å². The molecule has 0 saturated heterocycles. The third kappa shape index (κ3) is 29.9. The molecule has 45 nitrogen and oxygen atoms in total. The molecule has 3 aliphatic heterocycles. The Morgan fingerprint density at radius 1 is 0.535 bits per heavy atom. The molecule has 3 aliphatic rings. The largest absolute Gasteiger partial charge is 0.481 e. The lowest BCUT2D eigenvalue weighted by molar-refractivity contribution is -0.144. The molecule has 129 heavy (non-hydrogen) atoms. The lowest BCUT2D eigenvalue weighted by atomic mass is 10.0. The SMILES string of the molecule is CC1=C(CCC(=O)O)c2nc1nc1[nH]c3nc4nc(nc5[nH]c(n2)c(CCC(=O)O)c5C)C(=C4C)C(C)SSCC(NC(=O)C(CCCCN)NC(=O)C(CCC(=O)O)NC(=O)C(N)C(C)C)C(=O)NC(C)C(=O)NC(CCC(N)=O)C(=O)NC(C(=O)NC(Cc2c[nH]cn2)C(=O)NC(C(=O)NC(C(=O)NC(CCC(=O)O)C(=O)O)C(C)C)C(C)O)CSSC(C)c3c1C. The second kappa shape index (κ2) is 48.7. The first-order valence-corrected chi connectivity index (χ1v) is 46.3. The first-order chi connectivity index (χ1) is 60.8. The third-order valence-electron chi connectivity index (χ3n) is 21.2. The number of nitrogens with one attached hydrogen (secondary N) is 13. The number of allylic oxidation sites excluding steroid dienone is 3. The zero-order valence-corrected chi connectivity index (χ0v) is 76.4. The summed E-state index contributed by atoms with van der Waals surface area (Å²) in [5.74, 6) is -19.7. The van der Waals surface area contributed by atoms with E-state index in [2.05, 4.69) is 73.1 Å². The Kier molecular flexibility index (Phi) is 39.4. The van der Waals surface area contributed by atoms with Gasteiger partial charge in [-0.2, -0.15) is 0 Å². The van der Waals surface area contributed by atoms with Crippen molar-refractivity contribution in [3.8, 4) is 0 Å². The smallest absolute Gasteiger partial charge is 0.326 e. The first-order valence-electron chi connectivity index (χ1n) is 41.5. The maximum absolute atomic E-state index is 15.5. The van der Waals surface area contributed by atoms with Crippen molar-refractivity contribution in [2.45, 2.75) is 256 Å². The fourth-order valence-electron chi connectivity index (χ4n) is 13.7. The number of amides is 11. The molecule has 0 radical (unpaired) electrons. The molecule has 9 bridgehead atoms. The number of nitrogens with zero attached hydrogens (tertiary/aromatic N) is 7. The van der Waals surface area contributed by atoms with Crippen LogP contribution >= 0.6 is 43.2 Å². The van der Waals surface area contributed by atoms with Crippen LogP contribution < -0.4 is 70.4 Å². The molecule has 11 amide bonds. The van der Waals surface area contributed by atoms with Gasteiger partial charge < -0.3 is 116 Å². The molecular formula is C80H113N23O22S4. The number of H-pyrrole nitrogens is 3. The number of aryl methyl sites for hydroxylation is 3. The van der Waals surface area contributed by atoms with Crippen molar-refractivity contribution in [2.75, 3.05) is 18.1 Å². The molecule has 25 N–H and O–H groups in total. The number of carboxylic acid groups (broad SMARTS) is 5. The minimum absolute atomic E-state index is 0.0511. The molecule has 0 spiro atoms. The van der Waals surface area contributed by atoms with E-state index in [4.69, 9.17) is 47.1 Å². The van der Waals surface area contributed by atoms with Gasteiger partial charge in [-0.15, -0.1) is 0 Å². The predicted molar refractivity (Wildman–Crippen MR) is 477 cm³/mol. The van der Waals surface area contributed by atoms with Gasteiger partial charge in [0.1, 0.15) is 83.0 Å². The van der Waals surface area contributed by atoms with Gasteiger partial charge >= 0.3 is 29.8 Å². The van der Waals surface area contributed by atoms with Gasteiger partial charge in [-0.3, -0.25) is 71.9 Å². The van der Waals surface area contributed by atoms with Gasteiger partial charge in [-0.25, -0.2) is 39.7 Å². The number of nitrogens with two attached hydrogens (primary N) is 3. The van der Waals surface area contributed by atoms with Gasteiger partial charge in [0.25, 0.3) is 0 Å². The Morgan fingerprint density at radius 2 is 1.09 bits per heavy atom. The average Bonchev–Trinajstić information content (AvgIpc) is 1.61. The van der Waals surface area contributed by atoms with Crippen LogP contribution in [0.2, 0.25) is 0 Å². The number of hydrogen-bond donors (Lipinski definition) is 22. The van der Waals surface area contributed by atoms with Gasteiger partial charge in [0.15, 0.2) is 23.3 Å². The van der Waals surface area contributed by atoms with E-state index in [9.17, 15) is 88.2 Å². The Bertz CT molecular complexity index is 5100. The molecule has 7 heterocycles. The number of aliphatic hydroxyl groups excluding tert-OH is 1. The highest BCUT2D eigenvalue weighted by Gasteiger charge is 2.40. The van der Waals surface area contributed by atoms with E-state index in [1.54, 1.807) is 55.4 Å². The minimum Gasteiger partial charge on any atom is -0.481 e. The number of fused-ring (bicyclic) bond motifs is 7. The number of carbonyl (C=O) groups is 16. The molecule has 704 valence electrons. The van der Waals surface area contributed by atoms with Crippen LogP contribution in [0, 0.1) is 25.7 Å². The molecule has 0 fully saturated rings. The van der Waals surface area contributed by atoms with E-state index in [-0.39, 0.29) is 102 Å². The van der Waals surface area contributed by atoms with Crippen LogP contribution in [0.4, 0.5) is 0 Å². The fraction of sp³-hybridized carbons (Fsp3) is 0.562. The number of aliphatic carboxylic acids is 5. The minimum atomic E-state index is -1.94. The number of aromatic amines is 3. The maximum atomic E-state index is 15.5. The molecule has 49 heteroatoms. The highest BCUT2D eigenvalue weighted by atomic mass is 33.1. The van der Waals surface area contributed by atoms with Crippen LogP contribution in [0.3, 0.4) is 0 Å². The molecule has 4 aromatic rings. The van der Waals surface area contributed by atoms with E-state index in [1.807, 2.05) is 0 Å². The summed E-state index contributed by atoms with van der Waals surface area (Å²) in [6.45, 7) is 19.1. The van der Waals surface area contributed by atoms with Crippen molar-refractivity contribution in [3.63, 3.8) is 0 Å². The standard InChI is InChI=1S/C80H113N23O22S4/c1-32(2)59(83)77(121)89-47(19-24-55(110)111)72(116)88-45(15-13-14-26-81)71(115)92-50-29-126-128-41(12)58-37(8)65-101-68(58)99-63-35(6)44(17-23-54(108)109)67(98-63)103-66-43(16-22-53(106)107)34(5)62(97-66)96-64-36(7)57(69(100-64)102-65)40(11)129-127-30-51(93-73(117)46(18-21-52(82)105)87-70(114)38(9)86-75(50)119)76(120)91-49(27-42-28-84-31-85-42)74(118)95-61(39(10)104)79(123)94-60(33(3)4)78(122)90-48(80(124)125)20-25-56(112)113/h28,31-33,38-41,45-51,59-61,104H,13-27,29-30,81,83H2,1-12H3,(H2,82,105)(H,84,85)(H,86,119)(H,87,114)(H,88,116)(H,89,121)(H,90,122)(H,91,120)(H,92,115)(H,93,117)(H,94,123)(H,95,118)(H,106,107)(H,108,109)(H,110,111)(H,112,113)(H,124,125)(H2,96,97,98,99,100,101,102,103). The van der Waals surface area contributed by atoms with Crippen molar-refractivity contribution in [2.24, 2.45) is 29.0 Å². The number of unbranched alkanes of at least 4 members (excludes halogenated alkanes) is 1. The van der Waals surface area contributed by atoms with Crippen LogP contribution in [-0.4, -0.2) is 271 Å². The van der Waals surface area contributed by atoms with Crippen molar-refractivity contribution in [3.05, 3.63) is 63.8 Å². The van der Waals surface area contributed by atoms with E-state index >= 15 is 19.2 Å². The maximum Gasteiger partial charge on any atom is 0.326 e. The van der Waals surface area contributed by atoms with Crippen LogP contribution in [0.25, 0.3) is 44.9 Å². The molecule has 0 aromatic carbocycles. The van der Waals surface area contributed by atoms with E-state index in [0.29, 0.717) is 51.0 Å². The average molecular weight is 1880 g/mol. The van der Waals surface area contributed by atoms with Gasteiger partial charge in [0, 0.05) is 100 Å². The lowest BCUT2D eigenvalue weighted by Gasteiger charge is -2.29. The number of aliphatic hydroxyl groups is 1. The number of primary amides is 1. The molecule has 4 aromatic heterocycles. The van der Waals surface area contributed by atoms with E-state index in [0.717, 1.165) is 39.3 Å². The zero-order valence-electron chi connectivity index (χ0n) is 73.1. The summed E-state index contributed by atoms with van der Waals surface area (Å²) < 4.78 is 0. The van der Waals surface area contributed by atoms with Gasteiger partial charge in [0.05, 0.1) is 24.2 Å². The summed E-state index contributed by atoms with van der Waals surface area (Å²) in [5, 5.41) is 83.8. The van der Waals surface area contributed by atoms with E-state index < -0.39 is 240 Å². The second-order valence-electron chi connectivity index (χ2n) is 31.9. The number of carbonyl (C=O) groups excluding carboxylic acids is 11. The number of carboxylic acids is 5. The first kappa shape index (κ1) is 104. The Morgan fingerprint density at radius 3 is 1.70 bits per heavy atom. The topological polar surface area (TPSA) is 730 Å². The van der Waals surface area contributed by atoms with Gasteiger partial charge in [-0.05, 0) is 136 Å². The van der Waals surface area contributed by atoms with Gasteiger partial charge in [0.2, 0.25) is 65.0 Å². The third-order valence-corrected chi connectivity index (χ3v) is 26.8. The Balaban J connectivity index is 1.41. The normalized spacial score (nSPS) is 19.1. The number of rotatable bonds is 39. The summed E-state index contributed by atoms with van der Waals surface area (Å²) in [7, 11) is 4.35. The summed E-state index contributed by atoms with van der Waals surface area (Å²) in [6.07, 6.45) is -3.48. The molecule has 14 unspecified atom stereocenters. The summed E-state index contributed by atoms with van der Waals surface area (Å²) in [4.78, 5) is 263. The molecule has 7 rings (SSSR count). The predicted octanol–water partition coefficient (Wildman–Crippen LogP) is 0.543. The van der Waals surface area contributed by atoms with Crippen molar-refractivity contribution in [1.82, 2.24) is 103 Å². The Labute approximate surface area is 756 Å². The van der Waals surface area contributed by atoms with Crippen LogP contribution in [0.5, 0.6) is 0 Å². The Hall–Kier alpha value is -11.7. The zero-order chi connectivity index (χ0) is 95.7. The highest BCUT2D eigenvalue weighted by molar-refractivity contribution is 8.77. The van der Waals surface area contributed by atoms with Crippen molar-refractivity contribution >= 4 is 183 Å². The van der Waals surface area contributed by atoms with Crippen LogP contribution in [0.1, 0.15) is 203 Å². The summed E-state index contributed by atoms with van der Waals surface area (Å²) >= 11 is 0. The molecular weight excluding hydrogens is 1760 g/mol. The molecule has 0 aliphatic carbocycles. The van der Waals surface area contributed by atoms with Crippen molar-refractivity contribution in [1.29, 1.82) is 0 Å². The van der Waals surface area contributed by atoms with Crippen LogP contribution in [0.15, 0.2) is 12.5 Å². The number of imidazole rings is 1. The monoisotopic (exact) mass is 1880 g/mol. The summed E-state index contributed by atoms with van der Waals surface area (Å²) in [5.41, 5.74) is 22.0. The highest BCUT2D eigenvalue weighted by Crippen LogP contribution is 2.44. The fourth-order valence-corrected chi connectivity index (χ4v) is 18.8. The quantitative estimate of drug-likeness (QED) is 0.0214.